The fraction of sp³-hybridized carbons (Fsp3) is 0.308. The Balaban J connectivity index is 2.32. The molecular weight excluding hydrogens is 362 g/mol. The Morgan fingerprint density at radius 1 is 1.12 bits per heavy atom. The standard InChI is InChI=1S/C13H13Br2NS/c14-9-13(10-15,8-12-16-6-7-17-12)11-4-2-1-3-5-11/h1-7H,8-10H2. The maximum atomic E-state index is 4.40. The first-order chi connectivity index (χ1) is 8.30. The van der Waals surface area contributed by atoms with Gasteiger partial charge in [0.25, 0.3) is 0 Å². The molecule has 2 aromatic rings. The van der Waals surface area contributed by atoms with Crippen molar-refractivity contribution in [3.63, 3.8) is 0 Å². The highest BCUT2D eigenvalue weighted by atomic mass is 79.9. The summed E-state index contributed by atoms with van der Waals surface area (Å²) in [5.74, 6) is 0. The molecule has 0 radical (unpaired) electrons. The number of hydrogen-bond donors (Lipinski definition) is 0. The Kier molecular flexibility index (Phi) is 4.77. The molecule has 0 saturated heterocycles. The predicted octanol–water partition coefficient (Wildman–Crippen LogP) is 4.41. The lowest BCUT2D eigenvalue weighted by molar-refractivity contribution is 0.549. The number of benzene rings is 1. The van der Waals surface area contributed by atoms with Crippen LogP contribution in [0.3, 0.4) is 0 Å². The topological polar surface area (TPSA) is 12.9 Å². The van der Waals surface area contributed by atoms with Crippen LogP contribution in [0.25, 0.3) is 0 Å². The van der Waals surface area contributed by atoms with E-state index in [-0.39, 0.29) is 5.41 Å². The van der Waals surface area contributed by atoms with Crippen LogP contribution in [-0.2, 0) is 11.8 Å². The minimum Gasteiger partial charge on any atom is -0.250 e. The predicted molar refractivity (Wildman–Crippen MR) is 81.5 cm³/mol. The molecule has 0 N–H and O–H groups in total. The van der Waals surface area contributed by atoms with E-state index in [1.165, 1.54) is 10.6 Å². The molecule has 0 saturated carbocycles. The van der Waals surface area contributed by atoms with Crippen molar-refractivity contribution in [1.29, 1.82) is 0 Å². The molecular formula is C13H13Br2NS. The van der Waals surface area contributed by atoms with Crippen molar-refractivity contribution < 1.29 is 0 Å². The lowest BCUT2D eigenvalue weighted by Gasteiger charge is -2.29. The molecule has 2 rings (SSSR count). The molecule has 0 aliphatic heterocycles. The van der Waals surface area contributed by atoms with Gasteiger partial charge in [-0.15, -0.1) is 11.3 Å². The zero-order chi connectivity index (χ0) is 12.1. The van der Waals surface area contributed by atoms with Gasteiger partial charge in [-0.1, -0.05) is 62.2 Å². The zero-order valence-electron chi connectivity index (χ0n) is 9.27. The third kappa shape index (κ3) is 2.98. The van der Waals surface area contributed by atoms with Gasteiger partial charge in [0.05, 0.1) is 5.01 Å². The van der Waals surface area contributed by atoms with Crippen molar-refractivity contribution in [2.45, 2.75) is 11.8 Å². The maximum absolute atomic E-state index is 4.40. The van der Waals surface area contributed by atoms with Gasteiger partial charge < -0.3 is 0 Å². The number of aromatic nitrogens is 1. The van der Waals surface area contributed by atoms with Gasteiger partial charge in [-0.2, -0.15) is 0 Å². The molecule has 0 unspecified atom stereocenters. The average Bonchev–Trinajstić information content (AvgIpc) is 2.90. The number of thiazole rings is 1. The molecule has 1 aromatic carbocycles. The van der Waals surface area contributed by atoms with Crippen molar-refractivity contribution in [3.8, 4) is 0 Å². The summed E-state index contributed by atoms with van der Waals surface area (Å²) < 4.78 is 0. The van der Waals surface area contributed by atoms with Gasteiger partial charge in [-0.3, -0.25) is 0 Å². The molecule has 0 spiro atoms. The number of nitrogens with zero attached hydrogens (tertiary/aromatic N) is 1. The first-order valence-electron chi connectivity index (χ1n) is 5.36. The molecule has 0 atom stereocenters. The molecule has 17 heavy (non-hydrogen) atoms. The average molecular weight is 375 g/mol. The van der Waals surface area contributed by atoms with Crippen LogP contribution in [0.2, 0.25) is 0 Å². The van der Waals surface area contributed by atoms with E-state index < -0.39 is 0 Å². The lowest BCUT2D eigenvalue weighted by atomic mass is 9.82. The maximum Gasteiger partial charge on any atom is 0.0934 e. The number of rotatable bonds is 5. The van der Waals surface area contributed by atoms with Crippen LogP contribution in [0.5, 0.6) is 0 Å². The summed E-state index contributed by atoms with van der Waals surface area (Å²) in [4.78, 5) is 4.40. The highest BCUT2D eigenvalue weighted by molar-refractivity contribution is 9.09. The smallest absolute Gasteiger partial charge is 0.0934 e. The summed E-state index contributed by atoms with van der Waals surface area (Å²) in [5.41, 5.74) is 1.43. The fourth-order valence-corrected chi connectivity index (χ4v) is 4.54. The van der Waals surface area contributed by atoms with E-state index in [2.05, 4.69) is 67.2 Å². The Hall–Kier alpha value is -0.190. The van der Waals surface area contributed by atoms with Crippen LogP contribution >= 0.6 is 43.2 Å². The van der Waals surface area contributed by atoms with Crippen LogP contribution in [-0.4, -0.2) is 15.6 Å². The van der Waals surface area contributed by atoms with Crippen molar-refractivity contribution in [2.75, 3.05) is 10.7 Å². The van der Waals surface area contributed by atoms with Gasteiger partial charge >= 0.3 is 0 Å². The third-order valence-corrected chi connectivity index (χ3v) is 5.80. The van der Waals surface area contributed by atoms with Gasteiger partial charge in [0.15, 0.2) is 0 Å². The number of hydrogen-bond acceptors (Lipinski definition) is 2. The molecule has 1 aromatic heterocycles. The summed E-state index contributed by atoms with van der Waals surface area (Å²) in [6.07, 6.45) is 2.84. The van der Waals surface area contributed by atoms with Gasteiger partial charge in [-0.25, -0.2) is 4.98 Å². The van der Waals surface area contributed by atoms with E-state index in [4.69, 9.17) is 0 Å². The Bertz CT molecular complexity index is 438. The second-order valence-electron chi connectivity index (χ2n) is 4.02. The summed E-state index contributed by atoms with van der Waals surface area (Å²) >= 11 is 9.05. The van der Waals surface area contributed by atoms with Gasteiger partial charge in [0.2, 0.25) is 0 Å². The highest BCUT2D eigenvalue weighted by Gasteiger charge is 2.31. The summed E-state index contributed by atoms with van der Waals surface area (Å²) in [5, 5.41) is 5.07. The third-order valence-electron chi connectivity index (χ3n) is 2.87. The minimum absolute atomic E-state index is 0.0825. The number of alkyl halides is 2. The van der Waals surface area contributed by atoms with Crippen LogP contribution in [0.4, 0.5) is 0 Å². The van der Waals surface area contributed by atoms with E-state index in [0.717, 1.165) is 17.1 Å². The van der Waals surface area contributed by atoms with Gasteiger partial charge in [0, 0.05) is 34.1 Å². The van der Waals surface area contributed by atoms with Crippen molar-refractivity contribution >= 4 is 43.2 Å². The molecule has 1 nitrogen and oxygen atoms in total. The monoisotopic (exact) mass is 373 g/mol. The number of halogens is 2. The van der Waals surface area contributed by atoms with E-state index in [0.29, 0.717) is 0 Å². The van der Waals surface area contributed by atoms with Gasteiger partial charge in [0.1, 0.15) is 0 Å². The summed E-state index contributed by atoms with van der Waals surface area (Å²) in [6.45, 7) is 0. The van der Waals surface area contributed by atoms with Crippen LogP contribution < -0.4 is 0 Å². The van der Waals surface area contributed by atoms with Crippen molar-refractivity contribution in [3.05, 3.63) is 52.5 Å². The van der Waals surface area contributed by atoms with Crippen LogP contribution in [0, 0.1) is 0 Å². The highest BCUT2D eigenvalue weighted by Crippen LogP contribution is 2.33. The SMILES string of the molecule is BrCC(CBr)(Cc1nccs1)c1ccccc1. The molecule has 0 bridgehead atoms. The second kappa shape index (κ2) is 6.12. The Labute approximate surface area is 123 Å². The second-order valence-corrected chi connectivity index (χ2v) is 6.12. The lowest BCUT2D eigenvalue weighted by Crippen LogP contribution is -2.32. The van der Waals surface area contributed by atoms with E-state index >= 15 is 0 Å². The van der Waals surface area contributed by atoms with Crippen molar-refractivity contribution in [1.82, 2.24) is 4.98 Å². The first-order valence-corrected chi connectivity index (χ1v) is 8.49. The molecule has 0 fully saturated rings. The summed E-state index contributed by atoms with van der Waals surface area (Å²) in [6, 6.07) is 10.6. The molecule has 0 aliphatic rings. The molecule has 0 amide bonds. The molecule has 1 heterocycles. The Morgan fingerprint density at radius 2 is 1.82 bits per heavy atom. The van der Waals surface area contributed by atoms with Crippen LogP contribution in [0.15, 0.2) is 41.9 Å². The quantitative estimate of drug-likeness (QED) is 0.706. The van der Waals surface area contributed by atoms with E-state index in [9.17, 15) is 0 Å². The normalized spacial score (nSPS) is 11.6. The van der Waals surface area contributed by atoms with E-state index in [1.807, 2.05) is 11.6 Å². The molecule has 0 aliphatic carbocycles. The molecule has 4 heteroatoms. The first kappa shape index (κ1) is 13.2. The van der Waals surface area contributed by atoms with Gasteiger partial charge in [-0.05, 0) is 5.56 Å². The van der Waals surface area contributed by atoms with Crippen molar-refractivity contribution in [2.24, 2.45) is 0 Å². The fourth-order valence-electron chi connectivity index (χ4n) is 1.81. The summed E-state index contributed by atoms with van der Waals surface area (Å²) in [7, 11) is 0. The molecule has 90 valence electrons. The zero-order valence-corrected chi connectivity index (χ0v) is 13.3. The van der Waals surface area contributed by atoms with E-state index in [1.54, 1.807) is 11.3 Å². The Morgan fingerprint density at radius 3 is 2.35 bits per heavy atom. The minimum atomic E-state index is 0.0825. The largest absolute Gasteiger partial charge is 0.250 e. The van der Waals surface area contributed by atoms with Crippen LogP contribution in [0.1, 0.15) is 10.6 Å².